The van der Waals surface area contributed by atoms with Gasteiger partial charge in [0.1, 0.15) is 11.5 Å². The summed E-state index contributed by atoms with van der Waals surface area (Å²) >= 11 is 1.75. The first kappa shape index (κ1) is 21.2. The van der Waals surface area contributed by atoms with E-state index in [4.69, 9.17) is 0 Å². The predicted molar refractivity (Wildman–Crippen MR) is 126 cm³/mol. The average Bonchev–Trinajstić information content (AvgIpc) is 3.50. The quantitative estimate of drug-likeness (QED) is 0.387. The molecule has 2 heterocycles. The Morgan fingerprint density at radius 2 is 1.94 bits per heavy atom. The molecule has 1 aliphatic rings. The zero-order valence-corrected chi connectivity index (χ0v) is 18.4. The molecule has 3 aromatic rings. The van der Waals surface area contributed by atoms with Crippen LogP contribution in [0.4, 0.5) is 21.7 Å². The maximum absolute atomic E-state index is 14.2. The molecule has 162 valence electrons. The van der Waals surface area contributed by atoms with E-state index in [-0.39, 0.29) is 5.82 Å². The Labute approximate surface area is 186 Å². The number of benzene rings is 1. The van der Waals surface area contributed by atoms with Crippen molar-refractivity contribution in [3.05, 3.63) is 64.9 Å². The summed E-state index contributed by atoms with van der Waals surface area (Å²) in [6.45, 7) is 0.775. The van der Waals surface area contributed by atoms with Gasteiger partial charge in [0.2, 0.25) is 11.9 Å². The second-order valence-corrected chi connectivity index (χ2v) is 8.64. The highest BCUT2D eigenvalue weighted by atomic mass is 32.1. The summed E-state index contributed by atoms with van der Waals surface area (Å²) < 4.78 is 14.2. The highest BCUT2D eigenvalue weighted by molar-refractivity contribution is 7.09. The molecule has 0 aliphatic heterocycles. The van der Waals surface area contributed by atoms with Gasteiger partial charge in [-0.1, -0.05) is 31.0 Å². The third-order valence-electron chi connectivity index (χ3n) is 5.43. The number of guanidine groups is 1. The number of aromatic nitrogens is 2. The third-order valence-corrected chi connectivity index (χ3v) is 6.36. The summed E-state index contributed by atoms with van der Waals surface area (Å²) in [6.07, 6.45) is 9.01. The maximum Gasteiger partial charge on any atom is 0.222 e. The van der Waals surface area contributed by atoms with Gasteiger partial charge in [0.15, 0.2) is 0 Å². The number of nitrogens with zero attached hydrogens (tertiary/aromatic N) is 4. The van der Waals surface area contributed by atoms with E-state index in [0.29, 0.717) is 29.3 Å². The normalized spacial score (nSPS) is 14.6. The van der Waals surface area contributed by atoms with Crippen LogP contribution in [0, 0.1) is 5.82 Å². The molecule has 2 aromatic heterocycles. The molecule has 0 spiro atoms. The Morgan fingerprint density at radius 1 is 1.16 bits per heavy atom. The fraction of sp³-hybridized carbons (Fsp3) is 0.348. The number of thiophene rings is 1. The van der Waals surface area contributed by atoms with Crippen LogP contribution in [0.5, 0.6) is 0 Å². The van der Waals surface area contributed by atoms with Gasteiger partial charge in [-0.15, -0.1) is 11.3 Å². The number of hydrogen-bond donors (Lipinski definition) is 2. The minimum Gasteiger partial charge on any atom is -0.354 e. The van der Waals surface area contributed by atoms with Gasteiger partial charge in [-0.3, -0.25) is 0 Å². The Morgan fingerprint density at radius 3 is 2.65 bits per heavy atom. The van der Waals surface area contributed by atoms with Crippen molar-refractivity contribution in [3.8, 4) is 0 Å². The Bertz CT molecular complexity index is 984. The summed E-state index contributed by atoms with van der Waals surface area (Å²) in [5.74, 6) is 0.834. The van der Waals surface area contributed by atoms with E-state index in [0.717, 1.165) is 25.8 Å². The van der Waals surface area contributed by atoms with Crippen molar-refractivity contribution in [2.45, 2.75) is 38.1 Å². The monoisotopic (exact) mass is 438 g/mol. The van der Waals surface area contributed by atoms with Gasteiger partial charge in [-0.25, -0.2) is 19.4 Å². The molecule has 0 amide bonds. The fourth-order valence-corrected chi connectivity index (χ4v) is 4.39. The van der Waals surface area contributed by atoms with Crippen LogP contribution in [-0.4, -0.2) is 40.5 Å². The van der Waals surface area contributed by atoms with E-state index in [9.17, 15) is 4.39 Å². The lowest BCUT2D eigenvalue weighted by Crippen LogP contribution is -2.39. The van der Waals surface area contributed by atoms with Gasteiger partial charge in [0.05, 0.1) is 18.1 Å². The molecule has 0 bridgehead atoms. The Kier molecular flexibility index (Phi) is 7.09. The molecule has 4 rings (SSSR count). The summed E-state index contributed by atoms with van der Waals surface area (Å²) in [7, 11) is 2.00. The molecule has 6 nitrogen and oxygen atoms in total. The smallest absolute Gasteiger partial charge is 0.222 e. The molecule has 0 radical (unpaired) electrons. The lowest BCUT2D eigenvalue weighted by molar-refractivity contribution is 0.371. The van der Waals surface area contributed by atoms with Crippen LogP contribution in [0.15, 0.2) is 59.2 Å². The lowest BCUT2D eigenvalue weighted by Gasteiger charge is -2.28. The highest BCUT2D eigenvalue weighted by Crippen LogP contribution is 2.25. The fourth-order valence-electron chi connectivity index (χ4n) is 3.68. The van der Waals surface area contributed by atoms with Crippen molar-refractivity contribution in [2.75, 3.05) is 24.2 Å². The van der Waals surface area contributed by atoms with Crippen LogP contribution in [0.3, 0.4) is 0 Å². The molecule has 8 heteroatoms. The third kappa shape index (κ3) is 5.79. The van der Waals surface area contributed by atoms with Crippen molar-refractivity contribution in [3.63, 3.8) is 0 Å². The highest BCUT2D eigenvalue weighted by Gasteiger charge is 2.23. The van der Waals surface area contributed by atoms with Gasteiger partial charge in [-0.2, -0.15) is 0 Å². The van der Waals surface area contributed by atoms with E-state index < -0.39 is 0 Å². The lowest BCUT2D eigenvalue weighted by atomic mass is 10.2. The summed E-state index contributed by atoms with van der Waals surface area (Å²) in [6, 6.07) is 11.1. The van der Waals surface area contributed by atoms with Crippen LogP contribution in [0.2, 0.25) is 0 Å². The van der Waals surface area contributed by atoms with Crippen LogP contribution in [0.25, 0.3) is 0 Å². The van der Waals surface area contributed by atoms with Crippen LogP contribution in [0.1, 0.15) is 30.6 Å². The van der Waals surface area contributed by atoms with E-state index in [2.05, 4.69) is 48.0 Å². The van der Waals surface area contributed by atoms with Crippen molar-refractivity contribution >= 4 is 34.6 Å². The Balaban J connectivity index is 1.45. The van der Waals surface area contributed by atoms with Gasteiger partial charge in [0.25, 0.3) is 0 Å². The number of anilines is 2. The summed E-state index contributed by atoms with van der Waals surface area (Å²) in [4.78, 5) is 16.8. The second kappa shape index (κ2) is 10.3. The molecule has 1 aromatic carbocycles. The number of para-hydroxylation sites is 1. The minimum atomic E-state index is -0.344. The minimum absolute atomic E-state index is 0.308. The maximum atomic E-state index is 14.2. The molecule has 0 atom stereocenters. The molecule has 2 N–H and O–H groups in total. The van der Waals surface area contributed by atoms with E-state index >= 15 is 0 Å². The van der Waals surface area contributed by atoms with E-state index in [1.807, 2.05) is 7.05 Å². The standard InChI is InChI=1S/C23H27FN6S/c1-30(18-7-2-3-8-18)23(29-21-11-5-4-10-20(21)24)28-17-15-26-22(27-16-17)25-13-12-19-9-6-14-31-19/h4-6,9-11,14-16,18H,2-3,7-8,12-13H2,1H3,(H,28,29)(H,25,26,27). The predicted octanol–water partition coefficient (Wildman–Crippen LogP) is 5.31. The van der Waals surface area contributed by atoms with Crippen LogP contribution < -0.4 is 10.6 Å². The number of halogens is 1. The van der Waals surface area contributed by atoms with E-state index in [1.165, 1.54) is 23.8 Å². The van der Waals surface area contributed by atoms with Crippen LogP contribution in [-0.2, 0) is 6.42 Å². The zero-order chi connectivity index (χ0) is 21.5. The number of aliphatic imine (C=N–C) groups is 1. The first-order valence-electron chi connectivity index (χ1n) is 10.6. The topological polar surface area (TPSA) is 65.4 Å². The van der Waals surface area contributed by atoms with Crippen molar-refractivity contribution in [2.24, 2.45) is 4.99 Å². The van der Waals surface area contributed by atoms with Crippen molar-refractivity contribution < 1.29 is 4.39 Å². The van der Waals surface area contributed by atoms with E-state index in [1.54, 1.807) is 41.9 Å². The van der Waals surface area contributed by atoms with Gasteiger partial charge in [0, 0.05) is 24.5 Å². The molecular weight excluding hydrogens is 411 g/mol. The summed E-state index contributed by atoms with van der Waals surface area (Å²) in [5, 5.41) is 8.62. The molecular formula is C23H27FN6S. The van der Waals surface area contributed by atoms with Gasteiger partial charge in [-0.05, 0) is 42.8 Å². The Hall–Kier alpha value is -3.00. The zero-order valence-electron chi connectivity index (χ0n) is 17.6. The van der Waals surface area contributed by atoms with Crippen LogP contribution >= 0.6 is 11.3 Å². The first-order valence-corrected chi connectivity index (χ1v) is 11.5. The second-order valence-electron chi connectivity index (χ2n) is 7.61. The molecule has 1 saturated carbocycles. The summed E-state index contributed by atoms with van der Waals surface area (Å²) in [5.41, 5.74) is 1.02. The average molecular weight is 439 g/mol. The molecule has 1 aliphatic carbocycles. The number of rotatable bonds is 7. The largest absolute Gasteiger partial charge is 0.354 e. The number of nitrogens with one attached hydrogen (secondary N) is 2. The molecule has 1 fully saturated rings. The van der Waals surface area contributed by atoms with Gasteiger partial charge >= 0.3 is 0 Å². The SMILES string of the molecule is CN(C(=Nc1ccccc1F)Nc1cnc(NCCc2cccs2)nc1)C1CCCC1. The molecule has 0 unspecified atom stereocenters. The van der Waals surface area contributed by atoms with Crippen molar-refractivity contribution in [1.29, 1.82) is 0 Å². The van der Waals surface area contributed by atoms with Gasteiger partial charge < -0.3 is 15.5 Å². The van der Waals surface area contributed by atoms with Crippen molar-refractivity contribution in [1.82, 2.24) is 14.9 Å². The number of hydrogen-bond acceptors (Lipinski definition) is 5. The first-order chi connectivity index (χ1) is 15.2. The molecule has 0 saturated heterocycles. The molecule has 31 heavy (non-hydrogen) atoms.